The number of nitrogens with zero attached hydrogens (tertiary/aromatic N) is 4. The summed E-state index contributed by atoms with van der Waals surface area (Å²) in [5.74, 6) is -0.926. The minimum absolute atomic E-state index is 0.179. The number of carbonyl (C=O) groups excluding carboxylic acids is 1. The van der Waals surface area contributed by atoms with Gasteiger partial charge in [0.25, 0.3) is 5.91 Å². The lowest BCUT2D eigenvalue weighted by Crippen LogP contribution is -2.45. The van der Waals surface area contributed by atoms with E-state index < -0.39 is 23.4 Å². The van der Waals surface area contributed by atoms with Gasteiger partial charge < -0.3 is 10.4 Å². The van der Waals surface area contributed by atoms with Gasteiger partial charge in [-0.1, -0.05) is 30.3 Å². The highest BCUT2D eigenvalue weighted by Gasteiger charge is 2.43. The third kappa shape index (κ3) is 3.91. The number of aromatic nitrogens is 4. The van der Waals surface area contributed by atoms with Crippen LogP contribution in [0, 0.1) is 5.82 Å². The first-order valence-corrected chi connectivity index (χ1v) is 10.6. The highest BCUT2D eigenvalue weighted by atomic mass is 19.1. The number of hydrogen-bond acceptors (Lipinski definition) is 5. The van der Waals surface area contributed by atoms with E-state index in [1.165, 1.54) is 36.7 Å². The Labute approximate surface area is 194 Å². The summed E-state index contributed by atoms with van der Waals surface area (Å²) in [7, 11) is 0. The molecule has 0 spiro atoms. The number of pyridine rings is 3. The molecule has 4 aromatic heterocycles. The van der Waals surface area contributed by atoms with E-state index in [2.05, 4.69) is 20.4 Å². The van der Waals surface area contributed by atoms with Crippen LogP contribution in [-0.4, -0.2) is 30.6 Å². The number of carbonyl (C=O) groups is 1. The molecular formula is C26H20FN5O2. The smallest absolute Gasteiger partial charge is 0.272 e. The van der Waals surface area contributed by atoms with Crippen molar-refractivity contribution >= 4 is 11.4 Å². The van der Waals surface area contributed by atoms with E-state index in [9.17, 15) is 14.3 Å². The lowest BCUT2D eigenvalue weighted by molar-refractivity contribution is 0.0330. The number of aliphatic hydroxyl groups is 1. The highest BCUT2D eigenvalue weighted by molar-refractivity contribution is 5.94. The van der Waals surface area contributed by atoms with Crippen LogP contribution < -0.4 is 5.32 Å². The molecule has 34 heavy (non-hydrogen) atoms. The Kier molecular flexibility index (Phi) is 5.57. The molecule has 0 aliphatic heterocycles. The number of rotatable bonds is 6. The van der Waals surface area contributed by atoms with Gasteiger partial charge in [-0.25, -0.2) is 8.91 Å². The first kappa shape index (κ1) is 21.4. The van der Waals surface area contributed by atoms with Gasteiger partial charge in [-0.3, -0.25) is 14.8 Å². The van der Waals surface area contributed by atoms with Crippen LogP contribution in [0.4, 0.5) is 4.39 Å². The standard InChI is InChI=1S/C26H20FN5O2/c27-21-10-8-18(9-11-21)24(30-25(33)23-15-22-7-1-2-14-32(22)31-23)26(34,19-5-3-12-28-16-19)20-6-4-13-29-17-20/h1-17,24,34H,(H,30,33). The van der Waals surface area contributed by atoms with Gasteiger partial charge in [0.15, 0.2) is 5.69 Å². The topological polar surface area (TPSA) is 92.4 Å². The summed E-state index contributed by atoms with van der Waals surface area (Å²) in [6.07, 6.45) is 7.98. The lowest BCUT2D eigenvalue weighted by Gasteiger charge is -2.37. The molecule has 0 radical (unpaired) electrons. The first-order chi connectivity index (χ1) is 16.6. The first-order valence-electron chi connectivity index (χ1n) is 10.6. The monoisotopic (exact) mass is 453 g/mol. The maximum atomic E-state index is 13.8. The molecule has 1 amide bonds. The maximum absolute atomic E-state index is 13.8. The molecule has 168 valence electrons. The molecule has 8 heteroatoms. The second-order valence-corrected chi connectivity index (χ2v) is 7.81. The van der Waals surface area contributed by atoms with E-state index in [-0.39, 0.29) is 5.69 Å². The Bertz CT molecular complexity index is 1350. The average molecular weight is 453 g/mol. The van der Waals surface area contributed by atoms with Crippen molar-refractivity contribution in [2.75, 3.05) is 0 Å². The minimum Gasteiger partial charge on any atom is -0.378 e. The van der Waals surface area contributed by atoms with Gasteiger partial charge in [0.05, 0.1) is 11.6 Å². The second-order valence-electron chi connectivity index (χ2n) is 7.81. The van der Waals surface area contributed by atoms with E-state index in [1.54, 1.807) is 53.4 Å². The Morgan fingerprint density at radius 3 is 2.21 bits per heavy atom. The van der Waals surface area contributed by atoms with Crippen molar-refractivity contribution in [1.29, 1.82) is 0 Å². The largest absolute Gasteiger partial charge is 0.378 e. The fraction of sp³-hybridized carbons (Fsp3) is 0.0769. The van der Waals surface area contributed by atoms with Crippen LogP contribution >= 0.6 is 0 Å². The molecule has 5 rings (SSSR count). The molecule has 0 aliphatic carbocycles. The van der Waals surface area contributed by atoms with Gasteiger partial charge in [0.2, 0.25) is 0 Å². The van der Waals surface area contributed by atoms with Crippen molar-refractivity contribution in [3.8, 4) is 0 Å². The zero-order chi connectivity index (χ0) is 23.5. The van der Waals surface area contributed by atoms with Crippen LogP contribution in [0.5, 0.6) is 0 Å². The molecule has 1 unspecified atom stereocenters. The second kappa shape index (κ2) is 8.84. The summed E-state index contributed by atoms with van der Waals surface area (Å²) in [4.78, 5) is 21.7. The summed E-state index contributed by atoms with van der Waals surface area (Å²) in [6, 6.07) is 18.6. The molecule has 2 N–H and O–H groups in total. The molecule has 0 aliphatic rings. The average Bonchev–Trinajstić information content (AvgIpc) is 3.33. The van der Waals surface area contributed by atoms with Crippen molar-refractivity contribution < 1.29 is 14.3 Å². The van der Waals surface area contributed by atoms with Crippen molar-refractivity contribution in [2.24, 2.45) is 0 Å². The third-order valence-electron chi connectivity index (χ3n) is 5.70. The van der Waals surface area contributed by atoms with E-state index in [0.717, 1.165) is 5.52 Å². The Morgan fingerprint density at radius 1 is 0.941 bits per heavy atom. The maximum Gasteiger partial charge on any atom is 0.272 e. The Balaban J connectivity index is 1.64. The Hall–Kier alpha value is -4.43. The molecule has 1 atom stereocenters. The van der Waals surface area contributed by atoms with Crippen molar-refractivity contribution in [1.82, 2.24) is 24.9 Å². The molecular weight excluding hydrogens is 433 g/mol. The number of hydrogen-bond donors (Lipinski definition) is 2. The van der Waals surface area contributed by atoms with Gasteiger partial charge in [-0.2, -0.15) is 5.10 Å². The summed E-state index contributed by atoms with van der Waals surface area (Å²) < 4.78 is 15.3. The zero-order valence-electron chi connectivity index (χ0n) is 17.9. The van der Waals surface area contributed by atoms with Gasteiger partial charge in [-0.15, -0.1) is 0 Å². The molecule has 0 saturated heterocycles. The predicted octanol–water partition coefficient (Wildman–Crippen LogP) is 3.67. The predicted molar refractivity (Wildman–Crippen MR) is 123 cm³/mol. The number of halogens is 1. The third-order valence-corrected chi connectivity index (χ3v) is 5.70. The van der Waals surface area contributed by atoms with Crippen LogP contribution in [0.25, 0.3) is 5.52 Å². The molecule has 0 bridgehead atoms. The van der Waals surface area contributed by atoms with Crippen LogP contribution in [0.15, 0.2) is 104 Å². The fourth-order valence-electron chi connectivity index (χ4n) is 4.01. The number of amides is 1. The number of nitrogens with one attached hydrogen (secondary N) is 1. The minimum atomic E-state index is -1.77. The van der Waals surface area contributed by atoms with Gasteiger partial charge >= 0.3 is 0 Å². The van der Waals surface area contributed by atoms with Crippen LogP contribution in [0.3, 0.4) is 0 Å². The summed E-state index contributed by atoms with van der Waals surface area (Å²) >= 11 is 0. The summed E-state index contributed by atoms with van der Waals surface area (Å²) in [6.45, 7) is 0. The molecule has 0 fully saturated rings. The van der Waals surface area contributed by atoms with E-state index >= 15 is 0 Å². The van der Waals surface area contributed by atoms with Crippen LogP contribution in [-0.2, 0) is 5.60 Å². The summed E-state index contributed by atoms with van der Waals surface area (Å²) in [5, 5.41) is 19.5. The molecule has 1 aromatic carbocycles. The van der Waals surface area contributed by atoms with E-state index in [0.29, 0.717) is 16.7 Å². The van der Waals surface area contributed by atoms with Crippen molar-refractivity contribution in [2.45, 2.75) is 11.6 Å². The molecule has 4 heterocycles. The molecule has 7 nitrogen and oxygen atoms in total. The van der Waals surface area contributed by atoms with Crippen molar-refractivity contribution in [3.05, 3.63) is 132 Å². The Morgan fingerprint density at radius 2 is 1.62 bits per heavy atom. The number of benzene rings is 1. The van der Waals surface area contributed by atoms with Gasteiger partial charge in [0.1, 0.15) is 11.4 Å². The van der Waals surface area contributed by atoms with Crippen LogP contribution in [0.1, 0.15) is 33.2 Å². The fourth-order valence-corrected chi connectivity index (χ4v) is 4.01. The van der Waals surface area contributed by atoms with Gasteiger partial charge in [0, 0.05) is 42.1 Å². The zero-order valence-corrected chi connectivity index (χ0v) is 17.9. The van der Waals surface area contributed by atoms with Crippen molar-refractivity contribution in [3.63, 3.8) is 0 Å². The molecule has 5 aromatic rings. The normalized spacial score (nSPS) is 12.4. The van der Waals surface area contributed by atoms with Crippen LogP contribution in [0.2, 0.25) is 0 Å². The quantitative estimate of drug-likeness (QED) is 0.409. The van der Waals surface area contributed by atoms with E-state index in [1.807, 2.05) is 18.2 Å². The van der Waals surface area contributed by atoms with Gasteiger partial charge in [-0.05, 0) is 48.0 Å². The lowest BCUT2D eigenvalue weighted by atomic mass is 9.78. The van der Waals surface area contributed by atoms with E-state index in [4.69, 9.17) is 0 Å². The molecule has 0 saturated carbocycles. The number of fused-ring (bicyclic) bond motifs is 1. The summed E-state index contributed by atoms with van der Waals surface area (Å²) in [5.41, 5.74) is 0.530. The highest BCUT2D eigenvalue weighted by Crippen LogP contribution is 2.40. The SMILES string of the molecule is O=C(NC(c1ccc(F)cc1)C(O)(c1cccnc1)c1cccnc1)c1cc2ccccn2n1.